The number of hydrogen-bond donors (Lipinski definition) is 3. The molecule has 0 saturated heterocycles. The zero-order chi connectivity index (χ0) is 35.6. The third-order valence-corrected chi connectivity index (χ3v) is 10.3. The Labute approximate surface area is 297 Å². The Morgan fingerprint density at radius 1 is 0.920 bits per heavy atom. The number of carbonyl (C=O) groups is 4. The largest absolute Gasteiger partial charge is 0.465 e. The zero-order valence-corrected chi connectivity index (χ0v) is 29.2. The smallest absolute Gasteiger partial charge is 0.341 e. The van der Waals surface area contributed by atoms with Gasteiger partial charge in [0.2, 0.25) is 5.91 Å². The van der Waals surface area contributed by atoms with E-state index < -0.39 is 28.0 Å². The van der Waals surface area contributed by atoms with Crippen LogP contribution in [0.2, 0.25) is 0 Å². The number of ether oxygens (including phenoxy) is 1. The second-order valence-electron chi connectivity index (χ2n) is 11.5. The first-order valence-electron chi connectivity index (χ1n) is 16.1. The lowest BCUT2D eigenvalue weighted by Gasteiger charge is -2.14. The van der Waals surface area contributed by atoms with E-state index in [2.05, 4.69) is 16.0 Å². The van der Waals surface area contributed by atoms with Gasteiger partial charge in [-0.3, -0.25) is 24.5 Å². The van der Waals surface area contributed by atoms with Gasteiger partial charge in [-0.15, -0.1) is 23.1 Å². The highest BCUT2D eigenvalue weighted by Gasteiger charge is 2.27. The van der Waals surface area contributed by atoms with Crippen LogP contribution in [0.1, 0.15) is 69.3 Å². The Morgan fingerprint density at radius 2 is 1.64 bits per heavy atom. The minimum Gasteiger partial charge on any atom is -0.465 e. The van der Waals surface area contributed by atoms with Crippen LogP contribution in [0.15, 0.2) is 89.5 Å². The van der Waals surface area contributed by atoms with Crippen LogP contribution in [0.5, 0.6) is 0 Å². The molecule has 50 heavy (non-hydrogen) atoms. The number of aryl methyl sites for hydroxylation is 1. The predicted molar refractivity (Wildman–Crippen MR) is 196 cm³/mol. The van der Waals surface area contributed by atoms with Gasteiger partial charge in [-0.25, -0.2) is 4.79 Å². The van der Waals surface area contributed by atoms with Gasteiger partial charge >= 0.3 is 5.97 Å². The van der Waals surface area contributed by atoms with E-state index in [1.807, 2.05) is 0 Å². The van der Waals surface area contributed by atoms with E-state index in [0.29, 0.717) is 26.7 Å². The molecule has 1 aromatic heterocycles. The van der Waals surface area contributed by atoms with Crippen LogP contribution in [0.4, 0.5) is 16.4 Å². The maximum atomic E-state index is 13.6. The fourth-order valence-electron chi connectivity index (χ4n) is 5.52. The fraction of sp³-hybridized carbons (Fsp3) is 0.243. The number of nitrogens with zero attached hydrogens (tertiary/aromatic N) is 1. The Bertz CT molecular complexity index is 1940. The first-order valence-corrected chi connectivity index (χ1v) is 17.8. The maximum Gasteiger partial charge on any atom is 0.341 e. The molecule has 0 saturated carbocycles. The second-order valence-corrected chi connectivity index (χ2v) is 14.1. The summed E-state index contributed by atoms with van der Waals surface area (Å²) in [5, 5.41) is 19.9. The highest BCUT2D eigenvalue weighted by molar-refractivity contribution is 8.00. The number of amides is 3. The summed E-state index contributed by atoms with van der Waals surface area (Å²) in [6.45, 7) is 1.75. The SMILES string of the molecule is COC(=O)c1c(NC(=O)C(C)Sc2cccc(NC(=O)/C(=C\c3ccccc3[N+](=O)[O-])NC(=O)c3ccccc3)c2)sc2c1CCCCCC2. The molecule has 3 amide bonds. The number of para-hydroxylation sites is 1. The normalized spacial score (nSPS) is 13.5. The average Bonchev–Trinajstić information content (AvgIpc) is 3.43. The van der Waals surface area contributed by atoms with Crippen molar-refractivity contribution in [1.82, 2.24) is 5.32 Å². The molecule has 0 aliphatic heterocycles. The van der Waals surface area contributed by atoms with Crippen LogP contribution in [0, 0.1) is 10.1 Å². The first-order chi connectivity index (χ1) is 24.1. The van der Waals surface area contributed by atoms with Crippen molar-refractivity contribution in [2.75, 3.05) is 17.7 Å². The van der Waals surface area contributed by atoms with Crippen molar-refractivity contribution < 1.29 is 28.8 Å². The summed E-state index contributed by atoms with van der Waals surface area (Å²) in [6, 6.07) is 21.0. The lowest BCUT2D eigenvalue weighted by atomic mass is 9.96. The van der Waals surface area contributed by atoms with Crippen molar-refractivity contribution in [2.45, 2.75) is 55.6 Å². The molecule has 3 N–H and O–H groups in total. The van der Waals surface area contributed by atoms with Crippen molar-refractivity contribution in [3.05, 3.63) is 122 Å². The van der Waals surface area contributed by atoms with E-state index in [0.717, 1.165) is 49.0 Å². The number of anilines is 2. The number of methoxy groups -OCH3 is 1. The van der Waals surface area contributed by atoms with E-state index in [-0.39, 0.29) is 22.9 Å². The number of nitrogens with one attached hydrogen (secondary N) is 3. The van der Waals surface area contributed by atoms with Crippen LogP contribution >= 0.6 is 23.1 Å². The lowest BCUT2D eigenvalue weighted by Crippen LogP contribution is -2.30. The summed E-state index contributed by atoms with van der Waals surface area (Å²) >= 11 is 2.70. The molecule has 1 aliphatic carbocycles. The molecule has 1 aliphatic rings. The highest BCUT2D eigenvalue weighted by atomic mass is 32.2. The summed E-state index contributed by atoms with van der Waals surface area (Å²) in [7, 11) is 1.34. The Hall–Kier alpha value is -5.27. The quantitative estimate of drug-likeness (QED) is 0.0471. The van der Waals surface area contributed by atoms with Gasteiger partial charge in [0.05, 0.1) is 28.4 Å². The monoisotopic (exact) mass is 712 g/mol. The molecular formula is C37H36N4O7S2. The van der Waals surface area contributed by atoms with E-state index in [4.69, 9.17) is 4.74 Å². The van der Waals surface area contributed by atoms with Gasteiger partial charge in [0, 0.05) is 27.1 Å². The molecular weight excluding hydrogens is 677 g/mol. The molecule has 11 nitrogen and oxygen atoms in total. The number of thiophene rings is 1. The minimum absolute atomic E-state index is 0.133. The molecule has 1 atom stereocenters. The van der Waals surface area contributed by atoms with Gasteiger partial charge in [-0.1, -0.05) is 49.2 Å². The molecule has 1 unspecified atom stereocenters. The molecule has 0 radical (unpaired) electrons. The number of fused-ring (bicyclic) bond motifs is 1. The van der Waals surface area contributed by atoms with Gasteiger partial charge < -0.3 is 20.7 Å². The average molecular weight is 713 g/mol. The predicted octanol–water partition coefficient (Wildman–Crippen LogP) is 7.63. The molecule has 258 valence electrons. The Kier molecular flexibility index (Phi) is 12.2. The molecule has 0 spiro atoms. The van der Waals surface area contributed by atoms with E-state index in [1.54, 1.807) is 67.6 Å². The van der Waals surface area contributed by atoms with Crippen molar-refractivity contribution in [3.63, 3.8) is 0 Å². The standard InChI is InChI=1S/C37H36N4O7S2/c1-23(33(42)40-36-32(37(45)48-2)28-18-8-3-4-9-20-31(28)50-36)49-27-17-12-16-26(22-27)38-35(44)29(39-34(43)24-13-6-5-7-14-24)21-25-15-10-11-19-30(25)41(46)47/h5-7,10-17,19,21-23H,3-4,8-9,18,20H2,1-2H3,(H,38,44)(H,39,43)(H,40,42)/b29-21+. The summed E-state index contributed by atoms with van der Waals surface area (Å²) in [6.07, 6.45) is 7.12. The van der Waals surface area contributed by atoms with Crippen LogP contribution in [-0.2, 0) is 27.2 Å². The summed E-state index contributed by atoms with van der Waals surface area (Å²) in [5.41, 5.74) is 1.78. The second kappa shape index (κ2) is 16.9. The number of carbonyl (C=O) groups excluding carboxylic acids is 4. The third-order valence-electron chi connectivity index (χ3n) is 8.03. The number of benzene rings is 3. The number of nitro benzene ring substituents is 1. The van der Waals surface area contributed by atoms with Crippen LogP contribution in [0.3, 0.4) is 0 Å². The number of hydrogen-bond acceptors (Lipinski definition) is 9. The summed E-state index contributed by atoms with van der Waals surface area (Å²) in [5.74, 6) is -2.02. The zero-order valence-electron chi connectivity index (χ0n) is 27.5. The molecule has 0 bridgehead atoms. The van der Waals surface area contributed by atoms with E-state index in [9.17, 15) is 29.3 Å². The third kappa shape index (κ3) is 9.04. The highest BCUT2D eigenvalue weighted by Crippen LogP contribution is 2.38. The van der Waals surface area contributed by atoms with Crippen molar-refractivity contribution in [3.8, 4) is 0 Å². The van der Waals surface area contributed by atoms with Gasteiger partial charge in [0.1, 0.15) is 10.7 Å². The number of rotatable bonds is 11. The van der Waals surface area contributed by atoms with Crippen LogP contribution < -0.4 is 16.0 Å². The molecule has 1 heterocycles. The van der Waals surface area contributed by atoms with Gasteiger partial charge in [0.25, 0.3) is 17.5 Å². The number of esters is 1. The van der Waals surface area contributed by atoms with Gasteiger partial charge in [-0.05, 0) is 80.6 Å². The topological polar surface area (TPSA) is 157 Å². The van der Waals surface area contributed by atoms with E-state index in [1.165, 1.54) is 54.5 Å². The van der Waals surface area contributed by atoms with Crippen LogP contribution in [0.25, 0.3) is 6.08 Å². The molecule has 3 aromatic carbocycles. The van der Waals surface area contributed by atoms with Crippen molar-refractivity contribution in [2.24, 2.45) is 0 Å². The van der Waals surface area contributed by atoms with Gasteiger partial charge in [-0.2, -0.15) is 0 Å². The van der Waals surface area contributed by atoms with Crippen molar-refractivity contribution >= 4 is 69.2 Å². The van der Waals surface area contributed by atoms with Crippen LogP contribution in [-0.4, -0.2) is 41.0 Å². The molecule has 13 heteroatoms. The van der Waals surface area contributed by atoms with Crippen molar-refractivity contribution in [1.29, 1.82) is 0 Å². The maximum absolute atomic E-state index is 13.6. The Balaban J connectivity index is 1.32. The Morgan fingerprint density at radius 3 is 2.38 bits per heavy atom. The first kappa shape index (κ1) is 36.0. The fourth-order valence-corrected chi connectivity index (χ4v) is 7.72. The number of thioether (sulfide) groups is 1. The van der Waals surface area contributed by atoms with E-state index >= 15 is 0 Å². The lowest BCUT2D eigenvalue weighted by molar-refractivity contribution is -0.385. The summed E-state index contributed by atoms with van der Waals surface area (Å²) < 4.78 is 5.09. The summed E-state index contributed by atoms with van der Waals surface area (Å²) in [4.78, 5) is 65.7. The molecule has 5 rings (SSSR count). The molecule has 0 fully saturated rings. The minimum atomic E-state index is -0.705. The molecule has 4 aromatic rings. The number of nitro groups is 1. The van der Waals surface area contributed by atoms with Gasteiger partial charge in [0.15, 0.2) is 0 Å².